The van der Waals surface area contributed by atoms with E-state index < -0.39 is 10.0 Å². The lowest BCUT2D eigenvalue weighted by molar-refractivity contribution is 0.297. The Morgan fingerprint density at radius 3 is 2.54 bits per heavy atom. The molecule has 0 saturated carbocycles. The second-order valence-corrected chi connectivity index (χ2v) is 8.12. The van der Waals surface area contributed by atoms with Crippen molar-refractivity contribution in [3.63, 3.8) is 0 Å². The van der Waals surface area contributed by atoms with Crippen molar-refractivity contribution in [2.24, 2.45) is 0 Å². The third kappa shape index (κ3) is 2.81. The SMILES string of the molecule is COc1cccc(C2c3cccn3CCN2S(=O)(=O)c2ccccc2)c1. The minimum Gasteiger partial charge on any atom is -0.497 e. The van der Waals surface area contributed by atoms with Crippen LogP contribution in [0.1, 0.15) is 17.3 Å². The van der Waals surface area contributed by atoms with Crippen molar-refractivity contribution in [2.45, 2.75) is 17.5 Å². The van der Waals surface area contributed by atoms with Crippen LogP contribution in [0.25, 0.3) is 0 Å². The molecule has 0 bridgehead atoms. The highest BCUT2D eigenvalue weighted by molar-refractivity contribution is 7.89. The molecular weight excluding hydrogens is 348 g/mol. The normalized spacial score (nSPS) is 17.7. The fourth-order valence-corrected chi connectivity index (χ4v) is 5.10. The van der Waals surface area contributed by atoms with Gasteiger partial charge in [0, 0.05) is 25.0 Å². The first-order chi connectivity index (χ1) is 12.6. The average molecular weight is 368 g/mol. The number of sulfonamides is 1. The summed E-state index contributed by atoms with van der Waals surface area (Å²) in [5.74, 6) is 0.711. The fraction of sp³-hybridized carbons (Fsp3) is 0.200. The minimum absolute atomic E-state index is 0.313. The molecule has 1 aliphatic heterocycles. The van der Waals surface area contributed by atoms with Gasteiger partial charge in [-0.05, 0) is 42.0 Å². The lowest BCUT2D eigenvalue weighted by Gasteiger charge is -2.36. The average Bonchev–Trinajstić information content (AvgIpc) is 3.16. The largest absolute Gasteiger partial charge is 0.497 e. The fourth-order valence-electron chi connectivity index (χ4n) is 3.50. The number of hydrogen-bond donors (Lipinski definition) is 0. The molecule has 0 N–H and O–H groups in total. The Balaban J connectivity index is 1.86. The van der Waals surface area contributed by atoms with Crippen molar-refractivity contribution in [2.75, 3.05) is 13.7 Å². The summed E-state index contributed by atoms with van der Waals surface area (Å²) in [6.07, 6.45) is 2.00. The zero-order chi connectivity index (χ0) is 18.1. The van der Waals surface area contributed by atoms with Gasteiger partial charge in [-0.1, -0.05) is 30.3 Å². The Hall–Kier alpha value is -2.57. The van der Waals surface area contributed by atoms with E-state index in [4.69, 9.17) is 4.74 Å². The molecule has 1 aromatic heterocycles. The summed E-state index contributed by atoms with van der Waals surface area (Å²) >= 11 is 0. The first-order valence-corrected chi connectivity index (χ1v) is 9.91. The van der Waals surface area contributed by atoms with Gasteiger partial charge in [-0.25, -0.2) is 8.42 Å². The van der Waals surface area contributed by atoms with Crippen molar-refractivity contribution >= 4 is 10.0 Å². The Bertz CT molecular complexity index is 1010. The number of ether oxygens (including phenoxy) is 1. The topological polar surface area (TPSA) is 51.5 Å². The molecule has 2 heterocycles. The monoisotopic (exact) mass is 368 g/mol. The van der Waals surface area contributed by atoms with Crippen LogP contribution >= 0.6 is 0 Å². The van der Waals surface area contributed by atoms with Crippen molar-refractivity contribution in [1.82, 2.24) is 8.87 Å². The molecule has 0 saturated heterocycles. The summed E-state index contributed by atoms with van der Waals surface area (Å²) in [5.41, 5.74) is 1.85. The number of aromatic nitrogens is 1. The Kier molecular flexibility index (Phi) is 4.30. The molecular formula is C20H20N2O3S. The van der Waals surface area contributed by atoms with E-state index in [0.717, 1.165) is 11.3 Å². The van der Waals surface area contributed by atoms with Gasteiger partial charge in [-0.2, -0.15) is 4.31 Å². The second-order valence-electron chi connectivity index (χ2n) is 6.23. The molecule has 0 aliphatic carbocycles. The number of rotatable bonds is 4. The van der Waals surface area contributed by atoms with E-state index in [-0.39, 0.29) is 6.04 Å². The van der Waals surface area contributed by atoms with Crippen LogP contribution in [-0.2, 0) is 16.6 Å². The van der Waals surface area contributed by atoms with Gasteiger partial charge in [0.05, 0.1) is 18.0 Å². The Morgan fingerprint density at radius 2 is 1.77 bits per heavy atom. The van der Waals surface area contributed by atoms with Crippen LogP contribution in [-0.4, -0.2) is 30.9 Å². The van der Waals surface area contributed by atoms with Crippen LogP contribution in [0.2, 0.25) is 0 Å². The Morgan fingerprint density at radius 1 is 0.962 bits per heavy atom. The smallest absolute Gasteiger partial charge is 0.244 e. The van der Waals surface area contributed by atoms with E-state index >= 15 is 0 Å². The lowest BCUT2D eigenvalue weighted by atomic mass is 10.0. The van der Waals surface area contributed by atoms with Crippen molar-refractivity contribution in [3.8, 4) is 5.75 Å². The number of benzene rings is 2. The number of methoxy groups -OCH3 is 1. The predicted octanol–water partition coefficient (Wildman–Crippen LogP) is 3.29. The molecule has 0 fully saturated rings. The molecule has 4 rings (SSSR count). The zero-order valence-electron chi connectivity index (χ0n) is 14.4. The molecule has 26 heavy (non-hydrogen) atoms. The van der Waals surface area contributed by atoms with Crippen molar-refractivity contribution in [3.05, 3.63) is 84.2 Å². The van der Waals surface area contributed by atoms with E-state index in [1.54, 1.807) is 35.7 Å². The molecule has 5 nitrogen and oxygen atoms in total. The summed E-state index contributed by atoms with van der Waals surface area (Å²) in [5, 5.41) is 0. The molecule has 0 spiro atoms. The first-order valence-electron chi connectivity index (χ1n) is 8.47. The Labute approximate surface area is 153 Å². The highest BCUT2D eigenvalue weighted by Gasteiger charge is 2.37. The summed E-state index contributed by atoms with van der Waals surface area (Å²) < 4.78 is 35.7. The van der Waals surface area contributed by atoms with Crippen molar-refractivity contribution in [1.29, 1.82) is 0 Å². The highest BCUT2D eigenvalue weighted by atomic mass is 32.2. The van der Waals surface area contributed by atoms with Gasteiger partial charge in [0.2, 0.25) is 10.0 Å². The van der Waals surface area contributed by atoms with Crippen LogP contribution < -0.4 is 4.74 Å². The first kappa shape index (κ1) is 16.9. The molecule has 1 atom stereocenters. The second kappa shape index (κ2) is 6.63. The van der Waals surface area contributed by atoms with Crippen LogP contribution in [0.3, 0.4) is 0 Å². The summed E-state index contributed by atoms with van der Waals surface area (Å²) in [7, 11) is -2.01. The van der Waals surface area contributed by atoms with E-state index in [1.807, 2.05) is 48.7 Å². The van der Waals surface area contributed by atoms with E-state index in [0.29, 0.717) is 23.7 Å². The van der Waals surface area contributed by atoms with E-state index in [1.165, 1.54) is 0 Å². The van der Waals surface area contributed by atoms with Crippen LogP contribution in [0, 0.1) is 0 Å². The third-order valence-electron chi connectivity index (χ3n) is 4.75. The van der Waals surface area contributed by atoms with Gasteiger partial charge in [0.15, 0.2) is 0 Å². The van der Waals surface area contributed by atoms with Gasteiger partial charge in [-0.3, -0.25) is 0 Å². The van der Waals surface area contributed by atoms with Crippen LogP contribution in [0.15, 0.2) is 77.8 Å². The maximum atomic E-state index is 13.3. The van der Waals surface area contributed by atoms with Crippen LogP contribution in [0.5, 0.6) is 5.75 Å². The maximum Gasteiger partial charge on any atom is 0.244 e. The van der Waals surface area contributed by atoms with Gasteiger partial charge in [-0.15, -0.1) is 0 Å². The molecule has 0 amide bonds. The van der Waals surface area contributed by atoms with Gasteiger partial charge < -0.3 is 9.30 Å². The molecule has 6 heteroatoms. The van der Waals surface area contributed by atoms with Crippen molar-refractivity contribution < 1.29 is 13.2 Å². The van der Waals surface area contributed by atoms with Crippen LogP contribution in [0.4, 0.5) is 0 Å². The van der Waals surface area contributed by atoms with E-state index in [2.05, 4.69) is 4.57 Å². The number of hydrogen-bond acceptors (Lipinski definition) is 3. The highest BCUT2D eigenvalue weighted by Crippen LogP contribution is 2.37. The minimum atomic E-state index is -3.62. The predicted molar refractivity (Wildman–Crippen MR) is 99.6 cm³/mol. The van der Waals surface area contributed by atoms with E-state index in [9.17, 15) is 8.42 Å². The molecule has 1 aliphatic rings. The van der Waals surface area contributed by atoms with Gasteiger partial charge >= 0.3 is 0 Å². The number of fused-ring (bicyclic) bond motifs is 1. The molecule has 2 aromatic carbocycles. The lowest BCUT2D eigenvalue weighted by Crippen LogP contribution is -2.42. The zero-order valence-corrected chi connectivity index (χ0v) is 15.3. The molecule has 3 aromatic rings. The standard InChI is InChI=1S/C20H20N2O3S/c1-25-17-8-5-7-16(15-17)20-19-11-6-12-21(19)13-14-22(20)26(23,24)18-9-3-2-4-10-18/h2-12,15,20H,13-14H2,1H3. The van der Waals surface area contributed by atoms with Gasteiger partial charge in [0.1, 0.15) is 5.75 Å². The van der Waals surface area contributed by atoms with Gasteiger partial charge in [0.25, 0.3) is 0 Å². The molecule has 0 radical (unpaired) electrons. The summed E-state index contributed by atoms with van der Waals surface area (Å²) in [4.78, 5) is 0.313. The third-order valence-corrected chi connectivity index (χ3v) is 6.63. The quantitative estimate of drug-likeness (QED) is 0.710. The summed E-state index contributed by atoms with van der Waals surface area (Å²) in [6, 6.07) is 19.8. The molecule has 1 unspecified atom stereocenters. The maximum absolute atomic E-state index is 13.3. The summed E-state index contributed by atoms with van der Waals surface area (Å²) in [6.45, 7) is 1.05. The molecule has 134 valence electrons. The number of nitrogens with zero attached hydrogens (tertiary/aromatic N) is 2.